The Morgan fingerprint density at radius 3 is 2.05 bits per heavy atom. The van der Waals surface area contributed by atoms with Gasteiger partial charge in [0, 0.05) is 0 Å². The number of hydrogen-bond donors (Lipinski definition) is 0. The molecule has 0 saturated heterocycles. The number of allylic oxidation sites excluding steroid dienone is 4. The average Bonchev–Trinajstić information content (AvgIpc) is 2.89. The van der Waals surface area contributed by atoms with Crippen LogP contribution in [0.3, 0.4) is 0 Å². The molecule has 1 heterocycles. The summed E-state index contributed by atoms with van der Waals surface area (Å²) in [6, 6.07) is 0. The largest absolute Gasteiger partial charge is 1.00 e. The van der Waals surface area contributed by atoms with Gasteiger partial charge < -0.3 is 24.8 Å². The fraction of sp³-hybridized carbons (Fsp3) is 0.467. The van der Waals surface area contributed by atoms with Crippen molar-refractivity contribution in [1.29, 1.82) is 0 Å². The summed E-state index contributed by atoms with van der Waals surface area (Å²) in [6.45, 7) is 14.4. The minimum absolute atomic E-state index is 0. The van der Waals surface area contributed by atoms with Crippen molar-refractivity contribution < 1.29 is 42.5 Å². The van der Waals surface area contributed by atoms with Gasteiger partial charge in [0.15, 0.2) is 0 Å². The molecule has 1 aliphatic rings. The van der Waals surface area contributed by atoms with Gasteiger partial charge in [-0.1, -0.05) is 0 Å². The minimum Gasteiger partial charge on any atom is -1.00 e. The van der Waals surface area contributed by atoms with E-state index in [9.17, 15) is 0 Å². The predicted molar refractivity (Wildman–Crippen MR) is 83.3 cm³/mol. The fourth-order valence-electron chi connectivity index (χ4n) is 2.95. The topological polar surface area (TPSA) is 0 Å². The van der Waals surface area contributed by atoms with Crippen molar-refractivity contribution in [3.8, 4) is 0 Å². The number of rotatable bonds is 3. The van der Waals surface area contributed by atoms with Crippen molar-refractivity contribution in [2.45, 2.75) is 40.8 Å². The van der Waals surface area contributed by atoms with E-state index in [1.807, 2.05) is 3.60 Å². The quantitative estimate of drug-likeness (QED) is 0.572. The molecule has 0 amide bonds. The van der Waals surface area contributed by atoms with Gasteiger partial charge in [0.05, 0.1) is 0 Å². The van der Waals surface area contributed by atoms with E-state index >= 15 is 0 Å². The van der Waals surface area contributed by atoms with Crippen molar-refractivity contribution in [1.82, 2.24) is 0 Å². The summed E-state index contributed by atoms with van der Waals surface area (Å²) in [5, 5.41) is 1.68. The molecule has 0 bridgehead atoms. The molecule has 0 N–H and O–H groups in total. The third kappa shape index (κ3) is 3.68. The Morgan fingerprint density at radius 1 is 1.10 bits per heavy atom. The molecule has 1 atom stereocenters. The monoisotopic (exact) mass is 363 g/mol. The third-order valence-corrected chi connectivity index (χ3v) is 14.0. The van der Waals surface area contributed by atoms with Gasteiger partial charge in [0.25, 0.3) is 0 Å². The maximum atomic E-state index is 2.48. The Kier molecular flexibility index (Phi) is 8.56. The van der Waals surface area contributed by atoms with Crippen LogP contribution in [0.2, 0.25) is 13.6 Å². The van der Waals surface area contributed by atoms with Crippen LogP contribution in [0.5, 0.6) is 0 Å². The molecular weight excluding hydrogens is 341 g/mol. The van der Waals surface area contributed by atoms with Gasteiger partial charge in [-0.25, -0.2) is 0 Å². The van der Waals surface area contributed by atoms with E-state index in [-0.39, 0.29) is 32.3 Å². The molecule has 1 unspecified atom stereocenters. The van der Waals surface area contributed by atoms with Gasteiger partial charge in [-0.05, 0) is 0 Å². The molecular formula is C15H23BCl2PTi. The van der Waals surface area contributed by atoms with Crippen LogP contribution >= 0.6 is 7.53 Å². The van der Waals surface area contributed by atoms with Gasteiger partial charge in [-0.3, -0.25) is 0 Å². The SMILES string of the molecule is C[B](C)[Ti+2]([C]1=CC=CC1)[c]1c(C)c(C)c(C)p1C.[Cl-].[Cl-]. The zero-order valence-corrected chi connectivity index (χ0v) is 17.2. The summed E-state index contributed by atoms with van der Waals surface area (Å²) in [6.07, 6.45) is 8.24. The minimum atomic E-state index is -1.26. The second-order valence-corrected chi connectivity index (χ2v) is 13.4. The van der Waals surface area contributed by atoms with Crippen molar-refractivity contribution in [2.24, 2.45) is 6.66 Å². The Labute approximate surface area is 144 Å². The molecule has 1 aliphatic carbocycles. The molecule has 0 nitrogen and oxygen atoms in total. The molecule has 0 saturated carbocycles. The van der Waals surface area contributed by atoms with Gasteiger partial charge in [-0.15, -0.1) is 0 Å². The molecule has 2 rings (SSSR count). The first kappa shape index (κ1) is 20.6. The smallest absolute Gasteiger partial charge is 1.00 e. The van der Waals surface area contributed by atoms with Crippen LogP contribution in [0.15, 0.2) is 22.1 Å². The molecule has 1 aromatic heterocycles. The molecule has 5 heteroatoms. The van der Waals surface area contributed by atoms with Gasteiger partial charge in [0.2, 0.25) is 0 Å². The first-order valence-electron chi connectivity index (χ1n) is 6.80. The molecule has 20 heavy (non-hydrogen) atoms. The maximum Gasteiger partial charge on any atom is -1.00 e. The molecule has 0 radical (unpaired) electrons. The standard InChI is InChI=1S/C8H12P.C5H5.C2H6B.2ClH.Ti/c1-6-5-9(4)8(3)7(6)2;1-2-4-5-3-1;1-3-2;;;/h1-4H3;1-3H,4H2;1-2H3;2*1H;/q;;+1;;;+1/p-2. The van der Waals surface area contributed by atoms with E-state index in [0.29, 0.717) is 0 Å². The number of halogens is 2. The van der Waals surface area contributed by atoms with Crippen molar-refractivity contribution >= 4 is 16.0 Å². The van der Waals surface area contributed by atoms with Crippen LogP contribution < -0.4 is 28.4 Å². The Morgan fingerprint density at radius 2 is 1.70 bits per heavy atom. The van der Waals surface area contributed by atoms with E-state index in [1.165, 1.54) is 6.42 Å². The zero-order valence-electron chi connectivity index (χ0n) is 13.2. The zero-order chi connectivity index (χ0) is 13.4. The van der Waals surface area contributed by atoms with E-state index in [2.05, 4.69) is 59.3 Å². The third-order valence-electron chi connectivity index (χ3n) is 4.25. The predicted octanol–water partition coefficient (Wildman–Crippen LogP) is -1.52. The summed E-state index contributed by atoms with van der Waals surface area (Å²) in [4.78, 5) is 0.866. The summed E-state index contributed by atoms with van der Waals surface area (Å²) in [5.41, 5.74) is 3.24. The molecule has 0 fully saturated rings. The second kappa shape index (κ2) is 8.30. The summed E-state index contributed by atoms with van der Waals surface area (Å²) < 4.78 is 3.70. The molecule has 0 spiro atoms. The first-order valence-corrected chi connectivity index (χ1v) is 11.1. The molecule has 1 aromatic rings. The Balaban J connectivity index is 0.00000180. The van der Waals surface area contributed by atoms with Crippen LogP contribution in [-0.2, 0) is 24.3 Å². The average molecular weight is 364 g/mol. The van der Waals surface area contributed by atoms with Crippen molar-refractivity contribution in [3.63, 3.8) is 0 Å². The Bertz CT molecular complexity index is 507. The Hall–Kier alpha value is 0.619. The van der Waals surface area contributed by atoms with Gasteiger partial charge in [0.1, 0.15) is 0 Å². The molecule has 109 valence electrons. The van der Waals surface area contributed by atoms with Crippen LogP contribution in [0.4, 0.5) is 0 Å². The van der Waals surface area contributed by atoms with Crippen LogP contribution in [-0.4, -0.2) is 4.89 Å². The van der Waals surface area contributed by atoms with Crippen molar-refractivity contribution in [3.05, 3.63) is 38.5 Å². The van der Waals surface area contributed by atoms with E-state index in [1.54, 1.807) is 20.3 Å². The fourth-order valence-corrected chi connectivity index (χ4v) is 13.5. The second-order valence-electron chi connectivity index (χ2n) is 5.64. The van der Waals surface area contributed by atoms with E-state index in [0.717, 1.165) is 4.89 Å². The van der Waals surface area contributed by atoms with Crippen LogP contribution in [0.25, 0.3) is 0 Å². The van der Waals surface area contributed by atoms with E-state index < -0.39 is 17.7 Å². The van der Waals surface area contributed by atoms with E-state index in [4.69, 9.17) is 0 Å². The van der Waals surface area contributed by atoms with Crippen molar-refractivity contribution in [2.75, 3.05) is 0 Å². The van der Waals surface area contributed by atoms with Gasteiger partial charge >= 0.3 is 120 Å². The maximum absolute atomic E-state index is 2.48. The van der Waals surface area contributed by atoms with Crippen LogP contribution in [0, 0.1) is 20.8 Å². The molecule has 0 aromatic carbocycles. The number of hydrogen-bond acceptors (Lipinski definition) is 0. The summed E-state index contributed by atoms with van der Waals surface area (Å²) >= 11 is -1.26. The van der Waals surface area contributed by atoms with Crippen LogP contribution in [0.1, 0.15) is 22.8 Å². The summed E-state index contributed by atoms with van der Waals surface area (Å²) in [5.74, 6) is 0. The summed E-state index contributed by atoms with van der Waals surface area (Å²) in [7, 11) is 0.00843. The van der Waals surface area contributed by atoms with Gasteiger partial charge in [-0.2, -0.15) is 0 Å². The first-order chi connectivity index (χ1) is 8.45. The molecule has 0 aliphatic heterocycles. The normalized spacial score (nSPS) is 13.5.